The Morgan fingerprint density at radius 2 is 1.62 bits per heavy atom. The first kappa shape index (κ1) is 23.4. The van der Waals surface area contributed by atoms with Crippen LogP contribution >= 0.6 is 23.2 Å². The Hall–Kier alpha value is -3.81. The molecule has 0 aliphatic carbocycles. The Kier molecular flexibility index (Phi) is 6.58. The first-order chi connectivity index (χ1) is 16.3. The highest BCUT2D eigenvalue weighted by Gasteiger charge is 2.40. The van der Waals surface area contributed by atoms with Crippen LogP contribution in [0.15, 0.2) is 83.5 Å². The van der Waals surface area contributed by atoms with Crippen LogP contribution in [-0.2, 0) is 9.59 Å². The Morgan fingerprint density at radius 3 is 2.26 bits per heavy atom. The van der Waals surface area contributed by atoms with E-state index >= 15 is 0 Å². The van der Waals surface area contributed by atoms with E-state index in [1.165, 1.54) is 18.1 Å². The van der Waals surface area contributed by atoms with Crippen molar-refractivity contribution in [2.24, 2.45) is 0 Å². The first-order valence-electron chi connectivity index (χ1n) is 10.1. The molecule has 172 valence electrons. The molecule has 3 aromatic rings. The van der Waals surface area contributed by atoms with Gasteiger partial charge in [-0.15, -0.1) is 0 Å². The van der Waals surface area contributed by atoms with Crippen molar-refractivity contribution in [1.82, 2.24) is 0 Å². The molecule has 0 unspecified atom stereocenters. The number of nitrogens with one attached hydrogen (secondary N) is 1. The summed E-state index contributed by atoms with van der Waals surface area (Å²) in [4.78, 5) is 41.1. The van der Waals surface area contributed by atoms with E-state index in [0.29, 0.717) is 22.0 Å². The summed E-state index contributed by atoms with van der Waals surface area (Å²) in [6, 6.07) is 20.4. The van der Waals surface area contributed by atoms with Gasteiger partial charge >= 0.3 is 0 Å². The second-order valence-electron chi connectivity index (χ2n) is 7.35. The van der Waals surface area contributed by atoms with Gasteiger partial charge in [0.2, 0.25) is 0 Å². The number of para-hydroxylation sites is 1. The maximum Gasteiger partial charge on any atom is 0.283 e. The molecule has 0 fully saturated rings. The van der Waals surface area contributed by atoms with E-state index in [1.807, 2.05) is 30.3 Å². The molecule has 7 nitrogen and oxygen atoms in total. The van der Waals surface area contributed by atoms with Crippen LogP contribution in [0.5, 0.6) is 5.75 Å². The van der Waals surface area contributed by atoms with Gasteiger partial charge in [0.15, 0.2) is 0 Å². The molecule has 3 aromatic carbocycles. The Morgan fingerprint density at radius 1 is 0.941 bits per heavy atom. The van der Waals surface area contributed by atoms with Crippen LogP contribution in [0.3, 0.4) is 0 Å². The van der Waals surface area contributed by atoms with E-state index in [4.69, 9.17) is 27.9 Å². The van der Waals surface area contributed by atoms with Gasteiger partial charge in [-0.25, -0.2) is 4.90 Å². The molecule has 1 N–H and O–H groups in total. The molecule has 0 saturated carbocycles. The zero-order valence-electron chi connectivity index (χ0n) is 18.2. The third kappa shape index (κ3) is 4.35. The number of carbonyl (C=O) groups is 3. The molecule has 4 rings (SSSR count). The molecule has 0 saturated heterocycles. The SMILES string of the molecule is COc1ccc(Cl)cc1N1C(=O)C(Cl)=C(Nc2ccc(C(=O)N(C)c3ccccc3)cc2)C1=O. The van der Waals surface area contributed by atoms with Crippen LogP contribution in [-0.4, -0.2) is 31.9 Å². The maximum atomic E-state index is 13.1. The minimum atomic E-state index is -0.703. The molecule has 0 radical (unpaired) electrons. The predicted octanol–water partition coefficient (Wildman–Crippen LogP) is 5.06. The summed E-state index contributed by atoms with van der Waals surface area (Å²) in [5, 5.41) is 2.95. The predicted molar refractivity (Wildman–Crippen MR) is 133 cm³/mol. The number of carbonyl (C=O) groups excluding carboxylic acids is 3. The van der Waals surface area contributed by atoms with Gasteiger partial charge < -0.3 is 15.0 Å². The number of ether oxygens (including phenoxy) is 1. The first-order valence-corrected chi connectivity index (χ1v) is 10.9. The van der Waals surface area contributed by atoms with Gasteiger partial charge in [-0.3, -0.25) is 14.4 Å². The summed E-state index contributed by atoms with van der Waals surface area (Å²) in [5.41, 5.74) is 1.79. The summed E-state index contributed by atoms with van der Waals surface area (Å²) in [6.45, 7) is 0. The second-order valence-corrected chi connectivity index (χ2v) is 8.17. The summed E-state index contributed by atoms with van der Waals surface area (Å²) >= 11 is 12.3. The molecular formula is C25H19Cl2N3O4. The number of imide groups is 1. The average molecular weight is 496 g/mol. The number of methoxy groups -OCH3 is 1. The second kappa shape index (κ2) is 9.59. The number of nitrogens with zero attached hydrogens (tertiary/aromatic N) is 2. The Labute approximate surface area is 206 Å². The van der Waals surface area contributed by atoms with Gasteiger partial charge in [0.25, 0.3) is 17.7 Å². The highest BCUT2D eigenvalue weighted by Crippen LogP contribution is 2.37. The number of benzene rings is 3. The van der Waals surface area contributed by atoms with Gasteiger partial charge in [0.05, 0.1) is 12.8 Å². The van der Waals surface area contributed by atoms with E-state index in [0.717, 1.165) is 10.6 Å². The number of amides is 3. The lowest BCUT2D eigenvalue weighted by molar-refractivity contribution is -0.120. The lowest BCUT2D eigenvalue weighted by Crippen LogP contribution is -2.32. The minimum Gasteiger partial charge on any atom is -0.495 e. The number of anilines is 3. The molecule has 3 amide bonds. The smallest absolute Gasteiger partial charge is 0.283 e. The van der Waals surface area contributed by atoms with Crippen molar-refractivity contribution in [3.05, 3.63) is 94.1 Å². The molecule has 0 aromatic heterocycles. The lowest BCUT2D eigenvalue weighted by Gasteiger charge is -2.18. The Bertz CT molecular complexity index is 1310. The molecule has 1 aliphatic heterocycles. The largest absolute Gasteiger partial charge is 0.495 e. The number of hydrogen-bond acceptors (Lipinski definition) is 5. The van der Waals surface area contributed by atoms with Crippen molar-refractivity contribution in [3.63, 3.8) is 0 Å². The quantitative estimate of drug-likeness (QED) is 0.483. The number of hydrogen-bond donors (Lipinski definition) is 1. The van der Waals surface area contributed by atoms with Crippen molar-refractivity contribution < 1.29 is 19.1 Å². The summed E-state index contributed by atoms with van der Waals surface area (Å²) in [5.74, 6) is -1.26. The minimum absolute atomic E-state index is 0.0887. The molecule has 0 atom stereocenters. The Balaban J connectivity index is 1.54. The molecule has 1 aliphatic rings. The van der Waals surface area contributed by atoms with Crippen molar-refractivity contribution in [3.8, 4) is 5.75 Å². The van der Waals surface area contributed by atoms with Crippen LogP contribution in [0, 0.1) is 0 Å². The fourth-order valence-corrected chi connectivity index (χ4v) is 3.85. The standard InChI is InChI=1S/C25H19Cl2N3O4/c1-29(18-6-4-3-5-7-18)23(31)15-8-11-17(12-9-15)28-22-21(27)24(32)30(25(22)33)19-14-16(26)10-13-20(19)34-2/h3-14,28H,1-2H3. The lowest BCUT2D eigenvalue weighted by atomic mass is 10.1. The van der Waals surface area contributed by atoms with E-state index in [2.05, 4.69) is 5.32 Å². The van der Waals surface area contributed by atoms with Gasteiger partial charge in [-0.1, -0.05) is 41.4 Å². The molecule has 1 heterocycles. The third-order valence-corrected chi connectivity index (χ3v) is 5.84. The van der Waals surface area contributed by atoms with E-state index < -0.39 is 11.8 Å². The van der Waals surface area contributed by atoms with E-state index in [9.17, 15) is 14.4 Å². The van der Waals surface area contributed by atoms with Crippen LogP contribution in [0.1, 0.15) is 10.4 Å². The van der Waals surface area contributed by atoms with Crippen LogP contribution in [0.4, 0.5) is 17.1 Å². The number of rotatable bonds is 6. The molecule has 34 heavy (non-hydrogen) atoms. The van der Waals surface area contributed by atoms with Crippen molar-refractivity contribution in [2.75, 3.05) is 29.3 Å². The summed E-state index contributed by atoms with van der Waals surface area (Å²) < 4.78 is 5.26. The zero-order chi connectivity index (χ0) is 24.4. The summed E-state index contributed by atoms with van der Waals surface area (Å²) in [6.07, 6.45) is 0. The van der Waals surface area contributed by atoms with Crippen molar-refractivity contribution in [1.29, 1.82) is 0 Å². The van der Waals surface area contributed by atoms with Crippen molar-refractivity contribution in [2.45, 2.75) is 0 Å². The fourth-order valence-electron chi connectivity index (χ4n) is 3.47. The maximum absolute atomic E-state index is 13.1. The van der Waals surface area contributed by atoms with E-state index in [1.54, 1.807) is 43.4 Å². The third-order valence-electron chi connectivity index (χ3n) is 5.26. The zero-order valence-corrected chi connectivity index (χ0v) is 19.7. The van der Waals surface area contributed by atoms with Crippen LogP contribution in [0.25, 0.3) is 0 Å². The molecule has 0 bridgehead atoms. The van der Waals surface area contributed by atoms with Gasteiger partial charge in [0.1, 0.15) is 16.5 Å². The number of halogens is 2. The highest BCUT2D eigenvalue weighted by molar-refractivity contribution is 6.53. The molecule has 9 heteroatoms. The van der Waals surface area contributed by atoms with Crippen LogP contribution < -0.4 is 19.9 Å². The monoisotopic (exact) mass is 495 g/mol. The van der Waals surface area contributed by atoms with Gasteiger partial charge in [-0.05, 0) is 54.6 Å². The summed E-state index contributed by atoms with van der Waals surface area (Å²) in [7, 11) is 3.11. The average Bonchev–Trinajstić information content (AvgIpc) is 3.07. The fraction of sp³-hybridized carbons (Fsp3) is 0.0800. The van der Waals surface area contributed by atoms with Gasteiger partial charge in [-0.2, -0.15) is 0 Å². The van der Waals surface area contributed by atoms with E-state index in [-0.39, 0.29) is 22.3 Å². The molecular weight excluding hydrogens is 477 g/mol. The highest BCUT2D eigenvalue weighted by atomic mass is 35.5. The topological polar surface area (TPSA) is 79.0 Å². The molecule has 0 spiro atoms. The normalized spacial score (nSPS) is 13.4. The van der Waals surface area contributed by atoms with Crippen LogP contribution in [0.2, 0.25) is 5.02 Å². The van der Waals surface area contributed by atoms with Gasteiger partial charge in [0, 0.05) is 29.0 Å². The van der Waals surface area contributed by atoms with Crippen molar-refractivity contribution >= 4 is 58.0 Å².